The maximum Gasteiger partial charge on any atom is 0.0877 e. The predicted octanol–water partition coefficient (Wildman–Crippen LogP) is 4.56. The van der Waals surface area contributed by atoms with Crippen LogP contribution in [0.1, 0.15) is 13.8 Å². The molecule has 0 saturated carbocycles. The summed E-state index contributed by atoms with van der Waals surface area (Å²) in [5.74, 6) is 0.162. The number of rotatable bonds is 1. The number of benzene rings is 3. The van der Waals surface area contributed by atoms with E-state index in [1.54, 1.807) is 19.3 Å². The molecule has 0 fully saturated rings. The molecule has 4 rings (SSSR count). The van der Waals surface area contributed by atoms with Gasteiger partial charge in [-0.15, -0.1) is 29.7 Å². The molecule has 0 spiro atoms. The van der Waals surface area contributed by atoms with Crippen LogP contribution in [0.3, 0.4) is 0 Å². The smallest absolute Gasteiger partial charge is 0.0877 e. The van der Waals surface area contributed by atoms with E-state index in [2.05, 4.69) is 40.3 Å². The first-order valence-electron chi connectivity index (χ1n) is 8.05. The number of hydrogen-bond acceptors (Lipinski definition) is 4. The molecule has 0 amide bonds. The summed E-state index contributed by atoms with van der Waals surface area (Å²) in [6.45, 7) is 3.10. The van der Waals surface area contributed by atoms with Crippen LogP contribution in [0, 0.1) is 6.07 Å². The van der Waals surface area contributed by atoms with Crippen molar-refractivity contribution in [2.45, 2.75) is 20.0 Å². The van der Waals surface area contributed by atoms with Crippen molar-refractivity contribution in [3.63, 3.8) is 0 Å². The molecule has 1 unspecified atom stereocenters. The van der Waals surface area contributed by atoms with Crippen LogP contribution in [0.4, 0.5) is 0 Å². The van der Waals surface area contributed by atoms with E-state index in [1.165, 1.54) is 23.8 Å². The third kappa shape index (κ3) is 4.25. The van der Waals surface area contributed by atoms with Gasteiger partial charge < -0.3 is 15.2 Å². The number of hydrogen-bond donors (Lipinski definition) is 2. The van der Waals surface area contributed by atoms with Crippen molar-refractivity contribution in [2.75, 3.05) is 0 Å². The molecule has 1 atom stereocenters. The zero-order chi connectivity index (χ0) is 17.8. The van der Waals surface area contributed by atoms with Gasteiger partial charge in [0.2, 0.25) is 0 Å². The molecule has 1 heterocycles. The Hall–Kier alpha value is -2.33. The molecule has 26 heavy (non-hydrogen) atoms. The minimum Gasteiger partial charge on any atom is -0.513 e. The van der Waals surface area contributed by atoms with Gasteiger partial charge >= 0.3 is 0 Å². The minimum atomic E-state index is -0.537. The Balaban J connectivity index is 0.000000265. The van der Waals surface area contributed by atoms with Gasteiger partial charge in [-0.1, -0.05) is 35.0 Å². The van der Waals surface area contributed by atoms with Crippen LogP contribution in [0.15, 0.2) is 66.7 Å². The average molecular weight is 524 g/mol. The maximum absolute atomic E-state index is 8.49. The van der Waals surface area contributed by atoms with E-state index >= 15 is 0 Å². The molecule has 0 aliphatic carbocycles. The zero-order valence-electron chi connectivity index (χ0n) is 14.5. The second-order valence-corrected chi connectivity index (χ2v) is 5.81. The summed E-state index contributed by atoms with van der Waals surface area (Å²) in [7, 11) is 0. The molecule has 1 radical (unpaired) electrons. The van der Waals surface area contributed by atoms with Crippen LogP contribution in [-0.2, 0) is 20.1 Å². The Labute approximate surface area is 165 Å². The number of aliphatic hydroxyl groups excluding tert-OH is 2. The monoisotopic (exact) mass is 524 g/mol. The largest absolute Gasteiger partial charge is 0.513 e. The van der Waals surface area contributed by atoms with Crippen molar-refractivity contribution in [3.8, 4) is 0 Å². The van der Waals surface area contributed by atoms with Gasteiger partial charge in [0.15, 0.2) is 0 Å². The summed E-state index contributed by atoms with van der Waals surface area (Å²) in [5.41, 5.74) is 1.87. The summed E-state index contributed by atoms with van der Waals surface area (Å²) in [6.07, 6.45) is 4.30. The molecule has 1 aromatic heterocycles. The SMILES string of the molecule is C/C(O)=C/C(C)O.[Ir].[c-]1cccc2c1c1nccnc1c1ccccc21. The minimum absolute atomic E-state index is 0. The third-order valence-electron chi connectivity index (χ3n) is 3.75. The molecule has 2 N–H and O–H groups in total. The van der Waals surface area contributed by atoms with E-state index in [-0.39, 0.29) is 25.9 Å². The summed E-state index contributed by atoms with van der Waals surface area (Å²) < 4.78 is 0. The van der Waals surface area contributed by atoms with Crippen molar-refractivity contribution in [1.82, 2.24) is 9.97 Å². The number of aromatic nitrogens is 2. The fourth-order valence-electron chi connectivity index (χ4n) is 2.85. The fraction of sp³-hybridized carbons (Fsp3) is 0.143. The summed E-state index contributed by atoms with van der Waals surface area (Å²) in [5, 5.41) is 21.5. The molecule has 5 heteroatoms. The van der Waals surface area contributed by atoms with Crippen molar-refractivity contribution < 1.29 is 30.3 Å². The Morgan fingerprint density at radius 3 is 2.23 bits per heavy atom. The van der Waals surface area contributed by atoms with Crippen LogP contribution in [0.25, 0.3) is 32.6 Å². The van der Waals surface area contributed by atoms with Gasteiger partial charge in [-0.25, -0.2) is 0 Å². The molecular formula is C21H19IrN2O2-. The number of allylic oxidation sites excluding steroid dienone is 1. The van der Waals surface area contributed by atoms with Crippen molar-refractivity contribution in [2.24, 2.45) is 0 Å². The van der Waals surface area contributed by atoms with Gasteiger partial charge in [-0.2, -0.15) is 0 Å². The number of aliphatic hydroxyl groups is 2. The standard InChI is InChI=1S/C16H9N2.C5H10O2.Ir/c1-3-7-13-11(5-1)12-6-2-4-8-14(12)16-15(13)17-9-10-18-16;1-4(6)3-5(2)7;/h1-7,9-10H;3-4,6-7H,1-2H3;/q-1;;/b;5-3-;. The molecule has 0 bridgehead atoms. The van der Waals surface area contributed by atoms with E-state index in [9.17, 15) is 0 Å². The van der Waals surface area contributed by atoms with Gasteiger partial charge in [0.05, 0.1) is 17.4 Å². The van der Waals surface area contributed by atoms with Crippen molar-refractivity contribution in [3.05, 3.63) is 72.8 Å². The first-order chi connectivity index (χ1) is 12.1. The molecule has 0 aliphatic heterocycles. The summed E-state index contributed by atoms with van der Waals surface area (Å²) >= 11 is 0. The number of nitrogens with zero attached hydrogens (tertiary/aromatic N) is 2. The Bertz CT molecular complexity index is 837. The van der Waals surface area contributed by atoms with E-state index < -0.39 is 6.10 Å². The molecule has 4 aromatic rings. The van der Waals surface area contributed by atoms with E-state index in [4.69, 9.17) is 10.2 Å². The number of fused-ring (bicyclic) bond motifs is 6. The van der Waals surface area contributed by atoms with E-state index in [0.29, 0.717) is 0 Å². The Morgan fingerprint density at radius 2 is 1.62 bits per heavy atom. The van der Waals surface area contributed by atoms with Gasteiger partial charge in [-0.3, -0.25) is 4.98 Å². The van der Waals surface area contributed by atoms with Gasteiger partial charge in [-0.05, 0) is 25.3 Å². The molecule has 0 saturated heterocycles. The molecule has 135 valence electrons. The quantitative estimate of drug-likeness (QED) is 0.218. The van der Waals surface area contributed by atoms with Crippen LogP contribution in [0.5, 0.6) is 0 Å². The molecular weight excluding hydrogens is 504 g/mol. The van der Waals surface area contributed by atoms with Crippen LogP contribution in [-0.4, -0.2) is 26.3 Å². The molecule has 4 nitrogen and oxygen atoms in total. The predicted molar refractivity (Wildman–Crippen MR) is 101 cm³/mol. The zero-order valence-corrected chi connectivity index (χ0v) is 16.9. The first-order valence-corrected chi connectivity index (χ1v) is 8.05. The summed E-state index contributed by atoms with van der Waals surface area (Å²) in [4.78, 5) is 8.94. The Kier molecular flexibility index (Phi) is 6.81. The molecule has 3 aromatic carbocycles. The summed E-state index contributed by atoms with van der Waals surface area (Å²) in [6, 6.07) is 17.6. The van der Waals surface area contributed by atoms with E-state index in [1.807, 2.05) is 18.2 Å². The first kappa shape index (κ1) is 20.0. The molecule has 0 aliphatic rings. The van der Waals surface area contributed by atoms with E-state index in [0.717, 1.165) is 21.8 Å². The van der Waals surface area contributed by atoms with Crippen LogP contribution in [0.2, 0.25) is 0 Å². The van der Waals surface area contributed by atoms with Crippen molar-refractivity contribution in [1.29, 1.82) is 0 Å². The average Bonchev–Trinajstić information content (AvgIpc) is 2.61. The van der Waals surface area contributed by atoms with Gasteiger partial charge in [0.1, 0.15) is 0 Å². The second kappa shape index (κ2) is 8.86. The van der Waals surface area contributed by atoms with Gasteiger partial charge in [0, 0.05) is 38.0 Å². The maximum atomic E-state index is 8.49. The third-order valence-corrected chi connectivity index (χ3v) is 3.75. The van der Waals surface area contributed by atoms with Crippen LogP contribution >= 0.6 is 0 Å². The Morgan fingerprint density at radius 1 is 1.00 bits per heavy atom. The second-order valence-electron chi connectivity index (χ2n) is 5.81. The van der Waals surface area contributed by atoms with Crippen LogP contribution < -0.4 is 0 Å². The van der Waals surface area contributed by atoms with Gasteiger partial charge in [0.25, 0.3) is 0 Å². The van der Waals surface area contributed by atoms with Crippen molar-refractivity contribution >= 4 is 32.6 Å². The fourth-order valence-corrected chi connectivity index (χ4v) is 2.85. The topological polar surface area (TPSA) is 66.2 Å². The normalized spacial score (nSPS) is 12.3.